The Hall–Kier alpha value is -2.35. The number of benzene rings is 1. The van der Waals surface area contributed by atoms with E-state index in [1.165, 1.54) is 0 Å². The van der Waals surface area contributed by atoms with E-state index in [0.717, 1.165) is 11.8 Å². The van der Waals surface area contributed by atoms with Crippen molar-refractivity contribution >= 4 is 5.91 Å². The number of hydrogen-bond acceptors (Lipinski definition) is 3. The van der Waals surface area contributed by atoms with Crippen molar-refractivity contribution in [2.75, 3.05) is 6.54 Å². The summed E-state index contributed by atoms with van der Waals surface area (Å²) in [5.41, 5.74) is 6.80. The first-order valence-corrected chi connectivity index (χ1v) is 7.61. The van der Waals surface area contributed by atoms with Crippen LogP contribution in [0, 0.1) is 17.5 Å². The van der Waals surface area contributed by atoms with Crippen molar-refractivity contribution in [2.45, 2.75) is 32.0 Å². The van der Waals surface area contributed by atoms with E-state index in [9.17, 15) is 18.0 Å². The average molecular weight is 338 g/mol. The van der Waals surface area contributed by atoms with Crippen LogP contribution in [0.2, 0.25) is 0 Å². The Morgan fingerprint density at radius 2 is 1.96 bits per heavy atom. The fourth-order valence-electron chi connectivity index (χ4n) is 2.83. The normalized spacial score (nSPS) is 15.2. The number of nitrogens with two attached hydrogens (primary N) is 1. The zero-order valence-electron chi connectivity index (χ0n) is 12.9. The monoisotopic (exact) mass is 338 g/mol. The van der Waals surface area contributed by atoms with Gasteiger partial charge in [0.25, 0.3) is 0 Å². The van der Waals surface area contributed by atoms with Gasteiger partial charge in [-0.3, -0.25) is 9.48 Å². The first-order valence-electron chi connectivity index (χ1n) is 7.61. The second kappa shape index (κ2) is 6.64. The number of carbonyl (C=O) groups excluding carboxylic acids is 1. The summed E-state index contributed by atoms with van der Waals surface area (Å²) < 4.78 is 41.6. The highest BCUT2D eigenvalue weighted by atomic mass is 19.2. The molecular formula is C16H17F3N4O. The second-order valence-electron chi connectivity index (χ2n) is 5.89. The molecule has 5 nitrogen and oxygen atoms in total. The van der Waals surface area contributed by atoms with Crippen molar-refractivity contribution in [1.82, 2.24) is 14.7 Å². The largest absolute Gasteiger partial charge is 0.335 e. The standard InChI is InChI=1S/C16H17F3N4O/c17-13-8-15(19)14(18)6-10(13)5-11(20)7-16(24)22-3-4-23-12(9-22)1-2-21-23/h1-2,6,8,11H,3-5,7,9,20H2/t11-/m1/s1. The SMILES string of the molecule is N[C@@H](CC(=O)N1CCn2nccc2C1)Cc1cc(F)c(F)cc1F. The molecule has 3 rings (SSSR count). The molecule has 2 N–H and O–H groups in total. The lowest BCUT2D eigenvalue weighted by molar-refractivity contribution is -0.133. The molecule has 0 fully saturated rings. The zero-order valence-corrected chi connectivity index (χ0v) is 12.9. The minimum Gasteiger partial charge on any atom is -0.335 e. The Kier molecular flexibility index (Phi) is 4.57. The van der Waals surface area contributed by atoms with Gasteiger partial charge in [-0.05, 0) is 24.1 Å². The first-order chi connectivity index (χ1) is 11.4. The molecule has 0 saturated heterocycles. The summed E-state index contributed by atoms with van der Waals surface area (Å²) in [5, 5.41) is 4.14. The van der Waals surface area contributed by atoms with Gasteiger partial charge in [0, 0.05) is 31.3 Å². The average Bonchev–Trinajstić information content (AvgIpc) is 3.00. The van der Waals surface area contributed by atoms with Crippen LogP contribution in [0.4, 0.5) is 13.2 Å². The van der Waals surface area contributed by atoms with Crippen LogP contribution in [0.25, 0.3) is 0 Å². The minimum atomic E-state index is -1.24. The van der Waals surface area contributed by atoms with Crippen molar-refractivity contribution in [3.05, 3.63) is 53.1 Å². The number of hydrogen-bond donors (Lipinski definition) is 1. The molecule has 8 heteroatoms. The third-order valence-electron chi connectivity index (χ3n) is 4.10. The number of halogens is 3. The van der Waals surface area contributed by atoms with Gasteiger partial charge in [-0.1, -0.05) is 0 Å². The second-order valence-corrected chi connectivity index (χ2v) is 5.89. The van der Waals surface area contributed by atoms with Gasteiger partial charge in [0.05, 0.1) is 18.8 Å². The zero-order chi connectivity index (χ0) is 17.3. The fourth-order valence-corrected chi connectivity index (χ4v) is 2.83. The van der Waals surface area contributed by atoms with Crippen LogP contribution in [-0.2, 0) is 24.3 Å². The molecule has 1 aromatic heterocycles. The van der Waals surface area contributed by atoms with Gasteiger partial charge in [0.1, 0.15) is 5.82 Å². The number of aromatic nitrogens is 2. The van der Waals surface area contributed by atoms with Crippen LogP contribution in [0.1, 0.15) is 17.7 Å². The molecule has 128 valence electrons. The van der Waals surface area contributed by atoms with Crippen LogP contribution in [0.3, 0.4) is 0 Å². The van der Waals surface area contributed by atoms with Gasteiger partial charge < -0.3 is 10.6 Å². The van der Waals surface area contributed by atoms with E-state index in [2.05, 4.69) is 5.10 Å². The van der Waals surface area contributed by atoms with Crippen molar-refractivity contribution in [3.63, 3.8) is 0 Å². The van der Waals surface area contributed by atoms with E-state index in [4.69, 9.17) is 5.73 Å². The summed E-state index contributed by atoms with van der Waals surface area (Å²) in [5.74, 6) is -3.39. The maximum absolute atomic E-state index is 13.6. The molecule has 2 heterocycles. The Morgan fingerprint density at radius 3 is 2.75 bits per heavy atom. The summed E-state index contributed by atoms with van der Waals surface area (Å²) in [6.07, 6.45) is 1.65. The summed E-state index contributed by atoms with van der Waals surface area (Å²) in [7, 11) is 0. The maximum atomic E-state index is 13.6. The number of rotatable bonds is 4. The van der Waals surface area contributed by atoms with E-state index in [0.29, 0.717) is 25.7 Å². The third-order valence-corrected chi connectivity index (χ3v) is 4.10. The van der Waals surface area contributed by atoms with E-state index in [1.807, 2.05) is 10.7 Å². The van der Waals surface area contributed by atoms with Gasteiger partial charge >= 0.3 is 0 Å². The van der Waals surface area contributed by atoms with E-state index < -0.39 is 23.5 Å². The van der Waals surface area contributed by atoms with Gasteiger partial charge in [-0.15, -0.1) is 0 Å². The van der Waals surface area contributed by atoms with Crippen LogP contribution in [-0.4, -0.2) is 33.2 Å². The first kappa shape index (κ1) is 16.5. The molecule has 1 atom stereocenters. The predicted octanol–water partition coefficient (Wildman–Crippen LogP) is 1.60. The van der Waals surface area contributed by atoms with E-state index in [1.54, 1.807) is 11.1 Å². The highest BCUT2D eigenvalue weighted by molar-refractivity contribution is 5.77. The molecule has 1 aliphatic rings. The number of nitrogens with zero attached hydrogens (tertiary/aromatic N) is 3. The molecule has 1 aromatic carbocycles. The molecule has 1 aliphatic heterocycles. The minimum absolute atomic E-state index is 0.00652. The van der Waals surface area contributed by atoms with Crippen LogP contribution < -0.4 is 5.73 Å². The molecule has 0 bridgehead atoms. The summed E-state index contributed by atoms with van der Waals surface area (Å²) in [6.45, 7) is 1.59. The quantitative estimate of drug-likeness (QED) is 0.862. The molecular weight excluding hydrogens is 321 g/mol. The smallest absolute Gasteiger partial charge is 0.224 e. The predicted molar refractivity (Wildman–Crippen MR) is 80.3 cm³/mol. The molecule has 24 heavy (non-hydrogen) atoms. The highest BCUT2D eigenvalue weighted by Gasteiger charge is 2.23. The number of carbonyl (C=O) groups is 1. The van der Waals surface area contributed by atoms with Gasteiger partial charge in [0.2, 0.25) is 5.91 Å². The lowest BCUT2D eigenvalue weighted by atomic mass is 10.0. The molecule has 1 amide bonds. The third kappa shape index (κ3) is 3.43. The van der Waals surface area contributed by atoms with Gasteiger partial charge in [-0.2, -0.15) is 5.10 Å². The van der Waals surface area contributed by atoms with Crippen molar-refractivity contribution in [2.24, 2.45) is 5.73 Å². The molecule has 0 unspecified atom stereocenters. The van der Waals surface area contributed by atoms with Crippen LogP contribution in [0.15, 0.2) is 24.4 Å². The Balaban J connectivity index is 1.60. The lowest BCUT2D eigenvalue weighted by Crippen LogP contribution is -2.41. The fraction of sp³-hybridized carbons (Fsp3) is 0.375. The van der Waals surface area contributed by atoms with Gasteiger partial charge in [-0.25, -0.2) is 13.2 Å². The number of amides is 1. The van der Waals surface area contributed by atoms with Crippen molar-refractivity contribution in [3.8, 4) is 0 Å². The Bertz CT molecular complexity index is 762. The molecule has 2 aromatic rings. The number of fused-ring (bicyclic) bond motifs is 1. The summed E-state index contributed by atoms with van der Waals surface area (Å²) >= 11 is 0. The van der Waals surface area contributed by atoms with Crippen molar-refractivity contribution < 1.29 is 18.0 Å². The molecule has 0 aliphatic carbocycles. The van der Waals surface area contributed by atoms with E-state index in [-0.39, 0.29) is 24.3 Å². The van der Waals surface area contributed by atoms with Crippen molar-refractivity contribution in [1.29, 1.82) is 0 Å². The topological polar surface area (TPSA) is 64.2 Å². The van der Waals surface area contributed by atoms with Crippen LogP contribution >= 0.6 is 0 Å². The lowest BCUT2D eigenvalue weighted by Gasteiger charge is -2.28. The Morgan fingerprint density at radius 1 is 1.21 bits per heavy atom. The van der Waals surface area contributed by atoms with Gasteiger partial charge in [0.15, 0.2) is 11.6 Å². The summed E-state index contributed by atoms with van der Waals surface area (Å²) in [4.78, 5) is 14.0. The summed E-state index contributed by atoms with van der Waals surface area (Å²) in [6, 6.07) is 2.44. The van der Waals surface area contributed by atoms with Crippen LogP contribution in [0.5, 0.6) is 0 Å². The molecule has 0 radical (unpaired) electrons. The molecule has 0 saturated carbocycles. The maximum Gasteiger partial charge on any atom is 0.224 e. The highest BCUT2D eigenvalue weighted by Crippen LogP contribution is 2.17. The van der Waals surface area contributed by atoms with E-state index >= 15 is 0 Å². The molecule has 0 spiro atoms. The Labute approximate surface area is 136 Å².